The third-order valence-electron chi connectivity index (χ3n) is 5.36. The molecule has 0 saturated heterocycles. The lowest BCUT2D eigenvalue weighted by atomic mass is 9.93. The number of nitrogens with two attached hydrogens (primary N) is 2. The number of halogens is 2. The molecule has 3 aromatic rings. The summed E-state index contributed by atoms with van der Waals surface area (Å²) in [6.45, 7) is 0.176. The smallest absolute Gasteiger partial charge is 0.261 e. The van der Waals surface area contributed by atoms with E-state index in [0.29, 0.717) is 22.8 Å². The Morgan fingerprint density at radius 3 is 2.69 bits per heavy atom. The normalized spacial score (nSPS) is 12.7. The van der Waals surface area contributed by atoms with E-state index in [2.05, 4.69) is 15.4 Å². The predicted molar refractivity (Wildman–Crippen MR) is 134 cm³/mol. The van der Waals surface area contributed by atoms with E-state index in [9.17, 15) is 14.0 Å². The molecule has 178 valence electrons. The van der Waals surface area contributed by atoms with E-state index in [4.69, 9.17) is 23.1 Å². The van der Waals surface area contributed by atoms with E-state index in [-0.39, 0.29) is 17.1 Å². The Morgan fingerprint density at radius 1 is 1.20 bits per heavy atom. The quantitative estimate of drug-likeness (QED) is 0.341. The maximum absolute atomic E-state index is 13.5. The fraction of sp³-hybridized carbons (Fsp3) is 0.120. The number of carbonyl (C=O) groups is 2. The molecule has 0 radical (unpaired) electrons. The van der Waals surface area contributed by atoms with Gasteiger partial charge in [-0.1, -0.05) is 23.7 Å². The molecule has 2 amide bonds. The van der Waals surface area contributed by atoms with Crippen LogP contribution in [0.25, 0.3) is 5.70 Å². The van der Waals surface area contributed by atoms with Crippen molar-refractivity contribution in [1.29, 1.82) is 0 Å². The number of aromatic nitrogens is 1. The molecule has 0 aliphatic heterocycles. The molecule has 0 unspecified atom stereocenters. The lowest BCUT2D eigenvalue weighted by Crippen LogP contribution is -2.21. The summed E-state index contributed by atoms with van der Waals surface area (Å²) < 4.78 is 13.5. The monoisotopic (exact) mass is 492 g/mol. The Labute approximate surface area is 206 Å². The van der Waals surface area contributed by atoms with Crippen LogP contribution >= 0.6 is 11.6 Å². The van der Waals surface area contributed by atoms with Gasteiger partial charge in [-0.2, -0.15) is 5.10 Å². The zero-order valence-corrected chi connectivity index (χ0v) is 19.3. The Morgan fingerprint density at radius 2 is 1.97 bits per heavy atom. The van der Waals surface area contributed by atoms with E-state index in [1.807, 2.05) is 18.2 Å². The average Bonchev–Trinajstić information content (AvgIpc) is 2.85. The average molecular weight is 493 g/mol. The van der Waals surface area contributed by atoms with Gasteiger partial charge in [0.05, 0.1) is 27.7 Å². The van der Waals surface area contributed by atoms with Gasteiger partial charge in [-0.25, -0.2) is 9.40 Å². The zero-order valence-electron chi connectivity index (χ0n) is 18.5. The topological polar surface area (TPSA) is 127 Å². The summed E-state index contributed by atoms with van der Waals surface area (Å²) in [7, 11) is 0. The first-order valence-electron chi connectivity index (χ1n) is 10.7. The van der Waals surface area contributed by atoms with Gasteiger partial charge in [0.25, 0.3) is 11.8 Å². The molecule has 5 N–H and O–H groups in total. The summed E-state index contributed by atoms with van der Waals surface area (Å²) in [5.74, 6) is -1.53. The van der Waals surface area contributed by atoms with E-state index >= 15 is 0 Å². The predicted octanol–water partition coefficient (Wildman–Crippen LogP) is 3.85. The van der Waals surface area contributed by atoms with Crippen molar-refractivity contribution >= 4 is 46.7 Å². The highest BCUT2D eigenvalue weighted by atomic mass is 35.5. The van der Waals surface area contributed by atoms with Crippen LogP contribution in [0.4, 0.5) is 15.8 Å². The van der Waals surface area contributed by atoms with Crippen LogP contribution in [0.1, 0.15) is 33.6 Å². The Bertz CT molecular complexity index is 1340. The number of fused-ring (bicyclic) bond motifs is 1. The highest BCUT2D eigenvalue weighted by molar-refractivity contribution is 6.34. The standard InChI is InChI=1S/C25H22ClFN6O2/c26-22-13-30-18(12-28)11-21(22)25(35)32-17-7-4-15-2-1-3-23(20(15)10-17)33(31-14-24(29)34)19-8-5-16(27)6-9-19/h3-11,13-14H,1-2,12,28H2,(H2,29,34)(H,32,35)/b31-14+. The maximum atomic E-state index is 13.5. The summed E-state index contributed by atoms with van der Waals surface area (Å²) in [4.78, 5) is 28.4. The Balaban J connectivity index is 1.69. The molecule has 35 heavy (non-hydrogen) atoms. The van der Waals surface area contributed by atoms with Crippen molar-refractivity contribution in [3.8, 4) is 0 Å². The van der Waals surface area contributed by atoms with E-state index in [0.717, 1.165) is 30.2 Å². The molecular formula is C25H22ClFN6O2. The number of hydrogen-bond donors (Lipinski definition) is 3. The van der Waals surface area contributed by atoms with Gasteiger partial charge < -0.3 is 16.8 Å². The van der Waals surface area contributed by atoms with E-state index in [1.165, 1.54) is 23.3 Å². The number of hydrazone groups is 1. The van der Waals surface area contributed by atoms with Gasteiger partial charge in [0.1, 0.15) is 12.0 Å². The second kappa shape index (κ2) is 10.5. The van der Waals surface area contributed by atoms with Gasteiger partial charge in [-0.15, -0.1) is 0 Å². The number of amides is 2. The van der Waals surface area contributed by atoms with Crippen molar-refractivity contribution < 1.29 is 14.0 Å². The number of aryl methyl sites for hydroxylation is 1. The first-order chi connectivity index (χ1) is 16.9. The second-order valence-electron chi connectivity index (χ2n) is 7.75. The van der Waals surface area contributed by atoms with Crippen molar-refractivity contribution in [2.45, 2.75) is 19.4 Å². The van der Waals surface area contributed by atoms with E-state index in [1.54, 1.807) is 24.3 Å². The minimum absolute atomic E-state index is 0.176. The molecule has 10 heteroatoms. The molecule has 1 heterocycles. The second-order valence-corrected chi connectivity index (χ2v) is 8.16. The van der Waals surface area contributed by atoms with Crippen LogP contribution in [0, 0.1) is 5.82 Å². The van der Waals surface area contributed by atoms with E-state index < -0.39 is 17.6 Å². The number of benzene rings is 2. The molecule has 1 aromatic heterocycles. The van der Waals surface area contributed by atoms with Crippen LogP contribution in [0.2, 0.25) is 5.02 Å². The number of carbonyl (C=O) groups excluding carboxylic acids is 2. The molecule has 1 aliphatic rings. The van der Waals surface area contributed by atoms with Crippen LogP contribution in [0.5, 0.6) is 0 Å². The van der Waals surface area contributed by atoms with Crippen LogP contribution in [0.3, 0.4) is 0 Å². The highest BCUT2D eigenvalue weighted by Gasteiger charge is 2.21. The lowest BCUT2D eigenvalue weighted by Gasteiger charge is -2.27. The van der Waals surface area contributed by atoms with Crippen LogP contribution in [-0.2, 0) is 17.8 Å². The van der Waals surface area contributed by atoms with Gasteiger partial charge >= 0.3 is 0 Å². The molecule has 2 aromatic carbocycles. The number of pyridine rings is 1. The molecule has 4 rings (SSSR count). The number of nitrogens with zero attached hydrogens (tertiary/aromatic N) is 3. The number of allylic oxidation sites excluding steroid dienone is 1. The number of rotatable bonds is 7. The third kappa shape index (κ3) is 5.53. The van der Waals surface area contributed by atoms with Crippen molar-refractivity contribution in [2.75, 3.05) is 10.3 Å². The van der Waals surface area contributed by atoms with Crippen LogP contribution in [0.15, 0.2) is 65.9 Å². The first kappa shape index (κ1) is 24.1. The minimum Gasteiger partial charge on any atom is -0.365 e. The summed E-state index contributed by atoms with van der Waals surface area (Å²) in [5.41, 5.74) is 15.2. The largest absolute Gasteiger partial charge is 0.365 e. The molecule has 0 saturated carbocycles. The summed E-state index contributed by atoms with van der Waals surface area (Å²) in [6.07, 6.45) is 5.85. The van der Waals surface area contributed by atoms with Crippen molar-refractivity contribution in [2.24, 2.45) is 16.6 Å². The van der Waals surface area contributed by atoms with Gasteiger partial charge in [0.2, 0.25) is 0 Å². The summed E-state index contributed by atoms with van der Waals surface area (Å²) >= 11 is 6.17. The summed E-state index contributed by atoms with van der Waals surface area (Å²) in [5, 5.41) is 8.82. The molecule has 0 bridgehead atoms. The van der Waals surface area contributed by atoms with Crippen LogP contribution in [-0.4, -0.2) is 23.0 Å². The number of nitrogens with one attached hydrogen (secondary N) is 1. The lowest BCUT2D eigenvalue weighted by molar-refractivity contribution is -0.111. The number of primary amides is 1. The van der Waals surface area contributed by atoms with Crippen molar-refractivity contribution in [3.63, 3.8) is 0 Å². The van der Waals surface area contributed by atoms with Gasteiger partial charge in [-0.3, -0.25) is 14.6 Å². The molecule has 8 nitrogen and oxygen atoms in total. The fourth-order valence-electron chi connectivity index (χ4n) is 3.72. The molecule has 0 atom stereocenters. The minimum atomic E-state index is -0.721. The van der Waals surface area contributed by atoms with Crippen LogP contribution < -0.4 is 21.8 Å². The maximum Gasteiger partial charge on any atom is 0.261 e. The molecule has 1 aliphatic carbocycles. The van der Waals surface area contributed by atoms with Gasteiger partial charge in [-0.05, 0) is 60.9 Å². The number of hydrogen-bond acceptors (Lipinski definition) is 6. The molecular weight excluding hydrogens is 471 g/mol. The Kier molecular flexibility index (Phi) is 7.19. The fourth-order valence-corrected chi connectivity index (χ4v) is 3.91. The molecule has 0 fully saturated rings. The molecule has 0 spiro atoms. The van der Waals surface area contributed by atoms with Gasteiger partial charge in [0.15, 0.2) is 0 Å². The SMILES string of the molecule is NCc1cc(C(=O)Nc2ccc3c(c2)C(N(/N=C/C(N)=O)c2ccc(F)cc2)=CCC3)c(Cl)cn1. The van der Waals surface area contributed by atoms with Gasteiger partial charge in [0, 0.05) is 24.0 Å². The first-order valence-corrected chi connectivity index (χ1v) is 11.1. The Hall–Kier alpha value is -4.08. The third-order valence-corrected chi connectivity index (χ3v) is 5.66. The zero-order chi connectivity index (χ0) is 24.9. The highest BCUT2D eigenvalue weighted by Crippen LogP contribution is 2.35. The number of anilines is 2. The summed E-state index contributed by atoms with van der Waals surface area (Å²) in [6, 6.07) is 12.8. The van der Waals surface area contributed by atoms with Crippen molar-refractivity contribution in [3.05, 3.63) is 94.0 Å². The van der Waals surface area contributed by atoms with Crippen molar-refractivity contribution in [1.82, 2.24) is 4.98 Å².